The van der Waals surface area contributed by atoms with Crippen molar-refractivity contribution in [2.24, 2.45) is 5.73 Å². The molecule has 1 unspecified atom stereocenters. The summed E-state index contributed by atoms with van der Waals surface area (Å²) in [6.07, 6.45) is 3.16. The smallest absolute Gasteiger partial charge is 0.154 e. The Kier molecular flexibility index (Phi) is 4.80. The van der Waals surface area contributed by atoms with Gasteiger partial charge in [0.1, 0.15) is 0 Å². The molecule has 0 aliphatic heterocycles. The maximum absolute atomic E-state index is 11.9. The van der Waals surface area contributed by atoms with E-state index >= 15 is 0 Å². The molecule has 0 saturated heterocycles. The molecule has 0 aliphatic carbocycles. The summed E-state index contributed by atoms with van der Waals surface area (Å²) in [6.45, 7) is 7.60. The fourth-order valence-corrected chi connectivity index (χ4v) is 2.74. The molecule has 0 bridgehead atoms. The topological polar surface area (TPSA) is 60.2 Å². The van der Waals surface area contributed by atoms with Gasteiger partial charge >= 0.3 is 0 Å². The summed E-state index contributed by atoms with van der Waals surface area (Å²) in [5, 5.41) is 0. The lowest BCUT2D eigenvalue weighted by atomic mass is 9.91. The van der Waals surface area contributed by atoms with Crippen LogP contribution in [0.25, 0.3) is 0 Å². The van der Waals surface area contributed by atoms with Crippen molar-refractivity contribution < 1.29 is 8.42 Å². The Balaban J connectivity index is 3.24. The van der Waals surface area contributed by atoms with E-state index in [1.807, 2.05) is 6.07 Å². The molecule has 2 N–H and O–H groups in total. The van der Waals surface area contributed by atoms with Crippen molar-refractivity contribution in [2.45, 2.75) is 51.3 Å². The molecule has 1 rings (SSSR count). The Hall–Kier alpha value is -0.870. The van der Waals surface area contributed by atoms with E-state index in [-0.39, 0.29) is 0 Å². The van der Waals surface area contributed by atoms with E-state index in [9.17, 15) is 8.42 Å². The van der Waals surface area contributed by atoms with Gasteiger partial charge in [0, 0.05) is 12.3 Å². The zero-order valence-corrected chi connectivity index (χ0v) is 13.3. The maximum Gasteiger partial charge on any atom is 0.154 e. The summed E-state index contributed by atoms with van der Waals surface area (Å²) >= 11 is 0. The normalized spacial score (nSPS) is 14.4. The molecule has 0 spiro atoms. The quantitative estimate of drug-likeness (QED) is 0.903. The van der Waals surface area contributed by atoms with E-state index in [1.165, 1.54) is 17.4 Å². The minimum absolute atomic E-state index is 0.515. The number of benzene rings is 1. The van der Waals surface area contributed by atoms with E-state index < -0.39 is 20.6 Å². The molecule has 0 aliphatic rings. The molecule has 3 nitrogen and oxygen atoms in total. The second kappa shape index (κ2) is 5.63. The number of hydrogen-bond acceptors (Lipinski definition) is 3. The van der Waals surface area contributed by atoms with Crippen molar-refractivity contribution in [2.75, 3.05) is 6.26 Å². The van der Waals surface area contributed by atoms with Gasteiger partial charge in [-0.05, 0) is 43.4 Å². The van der Waals surface area contributed by atoms with Crippen LogP contribution in [0.4, 0.5) is 0 Å². The van der Waals surface area contributed by atoms with Crippen molar-refractivity contribution in [3.8, 4) is 0 Å². The molecule has 0 radical (unpaired) electrons. The Morgan fingerprint density at radius 2 is 1.68 bits per heavy atom. The van der Waals surface area contributed by atoms with Gasteiger partial charge in [-0.3, -0.25) is 0 Å². The molecule has 0 saturated carbocycles. The van der Waals surface area contributed by atoms with Crippen LogP contribution in [-0.2, 0) is 22.7 Å². The zero-order chi connectivity index (χ0) is 14.8. The molecular formula is C15H25NO2S. The van der Waals surface area contributed by atoms with Crippen molar-refractivity contribution in [1.82, 2.24) is 0 Å². The fraction of sp³-hybridized carbons (Fsp3) is 0.600. The summed E-state index contributed by atoms with van der Waals surface area (Å²) < 4.78 is 22.8. The van der Waals surface area contributed by atoms with Gasteiger partial charge in [-0.15, -0.1) is 0 Å². The highest BCUT2D eigenvalue weighted by molar-refractivity contribution is 7.92. The molecule has 1 aromatic rings. The van der Waals surface area contributed by atoms with E-state index in [1.54, 1.807) is 13.8 Å². The summed E-state index contributed by atoms with van der Waals surface area (Å²) in [5.41, 5.74) is 9.64. The van der Waals surface area contributed by atoms with E-state index in [0.717, 1.165) is 18.4 Å². The molecular weight excluding hydrogens is 258 g/mol. The number of aryl methyl sites for hydroxylation is 2. The average Bonchev–Trinajstić information content (AvgIpc) is 2.35. The number of rotatable bonds is 5. The minimum Gasteiger partial charge on any atom is -0.323 e. The molecule has 4 heteroatoms. The first-order chi connectivity index (χ1) is 8.65. The van der Waals surface area contributed by atoms with E-state index in [2.05, 4.69) is 26.0 Å². The van der Waals surface area contributed by atoms with Crippen molar-refractivity contribution in [1.29, 1.82) is 0 Å². The highest BCUT2D eigenvalue weighted by atomic mass is 32.2. The average molecular weight is 283 g/mol. The van der Waals surface area contributed by atoms with Gasteiger partial charge in [-0.25, -0.2) is 8.42 Å². The Bertz CT molecular complexity index is 547. The highest BCUT2D eigenvalue weighted by Gasteiger charge is 2.37. The van der Waals surface area contributed by atoms with Crippen LogP contribution in [0.1, 0.15) is 50.4 Å². The van der Waals surface area contributed by atoms with Gasteiger partial charge in [0.25, 0.3) is 0 Å². The van der Waals surface area contributed by atoms with Crippen LogP contribution in [0.15, 0.2) is 18.2 Å². The first-order valence-corrected chi connectivity index (χ1v) is 8.61. The van der Waals surface area contributed by atoms with Crippen molar-refractivity contribution in [3.05, 3.63) is 34.9 Å². The number of sulfone groups is 1. The zero-order valence-electron chi connectivity index (χ0n) is 12.5. The predicted molar refractivity (Wildman–Crippen MR) is 81.0 cm³/mol. The molecule has 1 aromatic carbocycles. The first-order valence-electron chi connectivity index (χ1n) is 6.72. The van der Waals surface area contributed by atoms with Crippen LogP contribution >= 0.6 is 0 Å². The third-order valence-electron chi connectivity index (χ3n) is 4.06. The van der Waals surface area contributed by atoms with Gasteiger partial charge < -0.3 is 5.73 Å². The third kappa shape index (κ3) is 3.18. The standard InChI is InChI=1S/C15H25NO2S/c1-6-11-8-9-13(10-12(11)7-2)14(16)15(3,4)19(5,17)18/h8-10,14H,6-7,16H2,1-5H3. The minimum atomic E-state index is -3.21. The van der Waals surface area contributed by atoms with Gasteiger partial charge in [0.05, 0.1) is 4.75 Å². The Morgan fingerprint density at radius 3 is 2.11 bits per heavy atom. The summed E-state index contributed by atoms with van der Waals surface area (Å²) in [4.78, 5) is 0. The monoisotopic (exact) mass is 283 g/mol. The van der Waals surface area contributed by atoms with Gasteiger partial charge in [-0.1, -0.05) is 32.0 Å². The van der Waals surface area contributed by atoms with Gasteiger partial charge in [0.2, 0.25) is 0 Å². The molecule has 0 heterocycles. The second-order valence-electron chi connectivity index (χ2n) is 5.59. The SMILES string of the molecule is CCc1ccc(C(N)C(C)(C)S(C)(=O)=O)cc1CC. The van der Waals surface area contributed by atoms with Crippen LogP contribution in [0, 0.1) is 0 Å². The van der Waals surface area contributed by atoms with Crippen molar-refractivity contribution >= 4 is 9.84 Å². The van der Waals surface area contributed by atoms with Crippen LogP contribution < -0.4 is 5.73 Å². The third-order valence-corrected chi connectivity index (χ3v) is 6.22. The van der Waals surface area contributed by atoms with Crippen LogP contribution in [0.5, 0.6) is 0 Å². The van der Waals surface area contributed by atoms with Crippen LogP contribution in [0.2, 0.25) is 0 Å². The second-order valence-corrected chi connectivity index (χ2v) is 8.19. The van der Waals surface area contributed by atoms with Gasteiger partial charge in [0.15, 0.2) is 9.84 Å². The molecule has 0 fully saturated rings. The maximum atomic E-state index is 11.9. The van der Waals surface area contributed by atoms with Gasteiger partial charge in [-0.2, -0.15) is 0 Å². The summed E-state index contributed by atoms with van der Waals surface area (Å²) in [6, 6.07) is 5.55. The lowest BCUT2D eigenvalue weighted by molar-refractivity contribution is 0.496. The number of hydrogen-bond donors (Lipinski definition) is 1. The summed E-state index contributed by atoms with van der Waals surface area (Å²) in [5.74, 6) is 0. The van der Waals surface area contributed by atoms with Crippen LogP contribution in [-0.4, -0.2) is 19.4 Å². The first kappa shape index (κ1) is 16.2. The molecule has 0 amide bonds. The summed E-state index contributed by atoms with van der Waals surface area (Å²) in [7, 11) is -3.21. The van der Waals surface area contributed by atoms with E-state index in [4.69, 9.17) is 5.73 Å². The number of nitrogens with two attached hydrogens (primary N) is 1. The fourth-order valence-electron chi connectivity index (χ4n) is 2.15. The molecule has 108 valence electrons. The largest absolute Gasteiger partial charge is 0.323 e. The van der Waals surface area contributed by atoms with Crippen LogP contribution in [0.3, 0.4) is 0 Å². The van der Waals surface area contributed by atoms with Crippen molar-refractivity contribution in [3.63, 3.8) is 0 Å². The van der Waals surface area contributed by atoms with E-state index in [0.29, 0.717) is 0 Å². The lowest BCUT2D eigenvalue weighted by Crippen LogP contribution is -2.42. The predicted octanol–water partition coefficient (Wildman–Crippen LogP) is 2.63. The molecule has 19 heavy (non-hydrogen) atoms. The molecule has 0 aromatic heterocycles. The molecule has 1 atom stereocenters. The lowest BCUT2D eigenvalue weighted by Gasteiger charge is -2.30. The Labute approximate surface area is 117 Å². The Morgan fingerprint density at radius 1 is 1.16 bits per heavy atom. The highest BCUT2D eigenvalue weighted by Crippen LogP contribution is 2.31.